The molecule has 1 aromatic carbocycles. The minimum absolute atomic E-state index is 0.387. The minimum Gasteiger partial charge on any atom is -0.476 e. The maximum Gasteiger partial charge on any atom is 0.219 e. The van der Waals surface area contributed by atoms with Gasteiger partial charge in [-0.1, -0.05) is 31.5 Å². The summed E-state index contributed by atoms with van der Waals surface area (Å²) < 4.78 is 12.3. The van der Waals surface area contributed by atoms with Gasteiger partial charge in [0, 0.05) is 36.3 Å². The molecule has 1 atom stereocenters. The number of aromatic nitrogens is 3. The number of benzene rings is 1. The Balaban J connectivity index is 1.60. The van der Waals surface area contributed by atoms with Crippen LogP contribution in [0.1, 0.15) is 69.1 Å². The lowest BCUT2D eigenvalue weighted by atomic mass is 9.92. The molecule has 0 amide bonds. The molecular weight excluding hydrogens is 490 g/mol. The molecule has 2 fully saturated rings. The quantitative estimate of drug-likeness (QED) is 0.352. The van der Waals surface area contributed by atoms with Gasteiger partial charge < -0.3 is 24.8 Å². The van der Waals surface area contributed by atoms with Crippen molar-refractivity contribution >= 4 is 11.5 Å². The first-order chi connectivity index (χ1) is 19.0. The summed E-state index contributed by atoms with van der Waals surface area (Å²) in [7, 11) is 2.15. The molecule has 39 heavy (non-hydrogen) atoms. The molecule has 0 spiro atoms. The van der Waals surface area contributed by atoms with Crippen molar-refractivity contribution in [2.75, 3.05) is 43.9 Å². The lowest BCUT2D eigenvalue weighted by molar-refractivity contribution is 0.193. The molecule has 2 aliphatic heterocycles. The number of nitrogens with two attached hydrogens (primary N) is 1. The van der Waals surface area contributed by atoms with Gasteiger partial charge in [-0.2, -0.15) is 10.2 Å². The van der Waals surface area contributed by atoms with Crippen LogP contribution in [-0.2, 0) is 12.8 Å². The van der Waals surface area contributed by atoms with E-state index in [0.29, 0.717) is 47.1 Å². The number of likely N-dealkylation sites (N-methyl/N-ethyl adjacent to an activating group) is 1. The number of hydrogen-bond donors (Lipinski definition) is 1. The average Bonchev–Trinajstić information content (AvgIpc) is 3.72. The fourth-order valence-corrected chi connectivity index (χ4v) is 5.68. The van der Waals surface area contributed by atoms with Crippen molar-refractivity contribution in [1.82, 2.24) is 20.0 Å². The van der Waals surface area contributed by atoms with Crippen LogP contribution in [0.3, 0.4) is 0 Å². The third kappa shape index (κ3) is 5.57. The topological polar surface area (TPSA) is 117 Å². The molecule has 2 aromatic heterocycles. The second-order valence-corrected chi connectivity index (χ2v) is 10.6. The van der Waals surface area contributed by atoms with Crippen molar-refractivity contribution < 1.29 is 9.26 Å². The molecule has 1 unspecified atom stereocenters. The van der Waals surface area contributed by atoms with Gasteiger partial charge in [-0.25, -0.2) is 4.98 Å². The zero-order chi connectivity index (χ0) is 27.4. The molecule has 2 aliphatic rings. The smallest absolute Gasteiger partial charge is 0.219 e. The van der Waals surface area contributed by atoms with Gasteiger partial charge in [0.15, 0.2) is 17.3 Å². The molecule has 0 radical (unpaired) electrons. The molecule has 206 valence electrons. The zero-order valence-corrected chi connectivity index (χ0v) is 23.4. The van der Waals surface area contributed by atoms with Crippen LogP contribution in [0.25, 0.3) is 22.8 Å². The Morgan fingerprint density at radius 2 is 1.97 bits per heavy atom. The minimum atomic E-state index is 0.387. The summed E-state index contributed by atoms with van der Waals surface area (Å²) >= 11 is 0. The number of nitrogens with zero attached hydrogens (tertiary/aromatic N) is 6. The molecule has 3 aromatic rings. The summed E-state index contributed by atoms with van der Waals surface area (Å²) in [5, 5.41) is 14.5. The number of aryl methyl sites for hydroxylation is 1. The normalized spacial score (nSPS) is 17.6. The molecule has 2 saturated heterocycles. The van der Waals surface area contributed by atoms with E-state index in [9.17, 15) is 5.26 Å². The molecule has 9 heteroatoms. The van der Waals surface area contributed by atoms with E-state index in [1.165, 1.54) is 6.42 Å². The number of nitriles is 1. The van der Waals surface area contributed by atoms with Gasteiger partial charge in [0.25, 0.3) is 0 Å². The van der Waals surface area contributed by atoms with E-state index in [1.54, 1.807) is 6.07 Å². The van der Waals surface area contributed by atoms with E-state index < -0.39 is 0 Å². The number of anilines is 2. The fraction of sp³-hybridized carbons (Fsp3) is 0.533. The monoisotopic (exact) mass is 529 g/mol. The molecule has 0 bridgehead atoms. The highest BCUT2D eigenvalue weighted by atomic mass is 16.5. The van der Waals surface area contributed by atoms with Gasteiger partial charge in [-0.15, -0.1) is 0 Å². The van der Waals surface area contributed by atoms with E-state index in [0.717, 1.165) is 87.1 Å². The van der Waals surface area contributed by atoms with Gasteiger partial charge in [0.2, 0.25) is 5.88 Å². The Hall–Kier alpha value is -3.64. The van der Waals surface area contributed by atoms with E-state index in [-0.39, 0.29) is 0 Å². The summed E-state index contributed by atoms with van der Waals surface area (Å²) in [6.07, 6.45) is 8.02. The van der Waals surface area contributed by atoms with Crippen LogP contribution in [0.5, 0.6) is 5.88 Å². The molecule has 0 aliphatic carbocycles. The summed E-state index contributed by atoms with van der Waals surface area (Å²) in [6.45, 7) is 7.83. The second kappa shape index (κ2) is 12.0. The summed E-state index contributed by atoms with van der Waals surface area (Å²) in [5.41, 5.74) is 10.3. The number of likely N-dealkylation sites (tertiary alicyclic amines) is 1. The van der Waals surface area contributed by atoms with Crippen LogP contribution in [0.2, 0.25) is 0 Å². The van der Waals surface area contributed by atoms with Crippen LogP contribution < -0.4 is 15.4 Å². The van der Waals surface area contributed by atoms with E-state index >= 15 is 0 Å². The van der Waals surface area contributed by atoms with Crippen molar-refractivity contribution in [3.05, 3.63) is 34.9 Å². The predicted molar refractivity (Wildman–Crippen MR) is 153 cm³/mol. The highest BCUT2D eigenvalue weighted by Crippen LogP contribution is 2.39. The standard InChI is InChI=1S/C30H39N7O2/c1-4-6-11-22-28(35-39-29(22)27-20(5-2)12-13-24(32)23(27)18-31)30-33-25(37-15-7-8-16-37)17-26(34-30)38-19-21-10-9-14-36(21)3/h12-13,17,21H,4-11,14-16,19,32H2,1-3H3. The van der Waals surface area contributed by atoms with Gasteiger partial charge in [-0.3, -0.25) is 0 Å². The lowest BCUT2D eigenvalue weighted by Gasteiger charge is -2.21. The predicted octanol–water partition coefficient (Wildman–Crippen LogP) is 5.23. The first-order valence-corrected chi connectivity index (χ1v) is 14.3. The number of rotatable bonds is 10. The average molecular weight is 530 g/mol. The number of ether oxygens (including phenoxy) is 1. The Morgan fingerprint density at radius 1 is 1.15 bits per heavy atom. The van der Waals surface area contributed by atoms with Crippen LogP contribution in [0.15, 0.2) is 22.7 Å². The molecular formula is C30H39N7O2. The number of unbranched alkanes of at least 4 members (excludes halogenated alkanes) is 1. The lowest BCUT2D eigenvalue weighted by Crippen LogP contribution is -2.30. The largest absolute Gasteiger partial charge is 0.476 e. The highest BCUT2D eigenvalue weighted by molar-refractivity contribution is 5.81. The zero-order valence-electron chi connectivity index (χ0n) is 23.4. The Morgan fingerprint density at radius 3 is 2.67 bits per heavy atom. The van der Waals surface area contributed by atoms with E-state index in [1.807, 2.05) is 12.1 Å². The molecule has 9 nitrogen and oxygen atoms in total. The van der Waals surface area contributed by atoms with Crippen molar-refractivity contribution in [3.8, 4) is 34.8 Å². The van der Waals surface area contributed by atoms with Crippen molar-refractivity contribution in [1.29, 1.82) is 5.26 Å². The first-order valence-electron chi connectivity index (χ1n) is 14.3. The Kier molecular flexibility index (Phi) is 8.32. The maximum atomic E-state index is 9.99. The SMILES string of the molecule is CCCCc1c(-c2nc(OCC3CCCN3C)cc(N3CCCC3)n2)noc1-c1c(CC)ccc(N)c1C#N. The fourth-order valence-electron chi connectivity index (χ4n) is 5.68. The van der Waals surface area contributed by atoms with Gasteiger partial charge in [0.1, 0.15) is 18.5 Å². The molecule has 2 N–H and O–H groups in total. The van der Waals surface area contributed by atoms with Crippen molar-refractivity contribution in [2.45, 2.75) is 71.3 Å². The third-order valence-electron chi connectivity index (χ3n) is 8.04. The van der Waals surface area contributed by atoms with Crippen molar-refractivity contribution in [3.63, 3.8) is 0 Å². The number of hydrogen-bond acceptors (Lipinski definition) is 9. The Labute approximate surface area is 231 Å². The van der Waals surface area contributed by atoms with Gasteiger partial charge in [0.05, 0.1) is 11.3 Å². The van der Waals surface area contributed by atoms with Crippen molar-refractivity contribution in [2.24, 2.45) is 0 Å². The van der Waals surface area contributed by atoms with E-state index in [2.05, 4.69) is 41.9 Å². The van der Waals surface area contributed by atoms with Crippen LogP contribution >= 0.6 is 0 Å². The van der Waals surface area contributed by atoms with Crippen LogP contribution in [0, 0.1) is 11.3 Å². The van der Waals surface area contributed by atoms with Crippen LogP contribution in [0.4, 0.5) is 11.5 Å². The third-order valence-corrected chi connectivity index (χ3v) is 8.04. The number of nitrogen functional groups attached to an aromatic ring is 1. The molecule has 4 heterocycles. The second-order valence-electron chi connectivity index (χ2n) is 10.6. The van der Waals surface area contributed by atoms with Gasteiger partial charge in [-0.05, 0) is 70.2 Å². The first kappa shape index (κ1) is 26.9. The van der Waals surface area contributed by atoms with Crippen LogP contribution in [-0.4, -0.2) is 59.4 Å². The Bertz CT molecular complexity index is 1340. The summed E-state index contributed by atoms with van der Waals surface area (Å²) in [6, 6.07) is 8.40. The van der Waals surface area contributed by atoms with Gasteiger partial charge >= 0.3 is 0 Å². The summed E-state index contributed by atoms with van der Waals surface area (Å²) in [4.78, 5) is 14.5. The molecule has 5 rings (SSSR count). The highest BCUT2D eigenvalue weighted by Gasteiger charge is 2.27. The molecule has 0 saturated carbocycles. The summed E-state index contributed by atoms with van der Waals surface area (Å²) in [5.74, 6) is 2.50. The maximum absolute atomic E-state index is 9.99. The van der Waals surface area contributed by atoms with E-state index in [4.69, 9.17) is 25.0 Å².